The SMILES string of the molecule is Cc1ccc(S(=O)(=O)N(CC(=O)Nc2ccc(C(C)C)cc2)C(=O)c2cccc(N(C)C)c2)cc1. The van der Waals surface area contributed by atoms with Crippen LogP contribution in [0, 0.1) is 6.92 Å². The van der Waals surface area contributed by atoms with Gasteiger partial charge in [0.15, 0.2) is 0 Å². The molecule has 0 aliphatic rings. The van der Waals surface area contributed by atoms with Crippen LogP contribution in [0.4, 0.5) is 11.4 Å². The molecule has 0 aromatic heterocycles. The number of hydrogen-bond acceptors (Lipinski definition) is 5. The van der Waals surface area contributed by atoms with E-state index in [2.05, 4.69) is 19.2 Å². The number of anilines is 2. The number of carbonyl (C=O) groups excluding carboxylic acids is 2. The maximum Gasteiger partial charge on any atom is 0.268 e. The highest BCUT2D eigenvalue weighted by atomic mass is 32.2. The van der Waals surface area contributed by atoms with Crippen LogP contribution in [-0.2, 0) is 14.8 Å². The zero-order valence-corrected chi connectivity index (χ0v) is 21.5. The first-order valence-corrected chi connectivity index (χ1v) is 12.7. The number of amides is 2. The minimum Gasteiger partial charge on any atom is -0.378 e. The molecular formula is C27H31N3O4S. The van der Waals surface area contributed by atoms with Gasteiger partial charge >= 0.3 is 0 Å². The van der Waals surface area contributed by atoms with Crippen LogP contribution in [-0.4, -0.2) is 45.2 Å². The molecule has 0 unspecified atom stereocenters. The van der Waals surface area contributed by atoms with Gasteiger partial charge in [-0.2, -0.15) is 0 Å². The predicted octanol–water partition coefficient (Wildman–Crippen LogP) is 4.65. The lowest BCUT2D eigenvalue weighted by atomic mass is 10.0. The lowest BCUT2D eigenvalue weighted by Gasteiger charge is -2.23. The van der Waals surface area contributed by atoms with E-state index in [1.165, 1.54) is 18.2 Å². The molecule has 3 aromatic rings. The van der Waals surface area contributed by atoms with Gasteiger partial charge in [0.2, 0.25) is 5.91 Å². The molecule has 3 aromatic carbocycles. The Morgan fingerprint density at radius 2 is 1.54 bits per heavy atom. The lowest BCUT2D eigenvalue weighted by Crippen LogP contribution is -2.42. The molecular weight excluding hydrogens is 462 g/mol. The topological polar surface area (TPSA) is 86.8 Å². The summed E-state index contributed by atoms with van der Waals surface area (Å²) in [4.78, 5) is 28.1. The average molecular weight is 494 g/mol. The summed E-state index contributed by atoms with van der Waals surface area (Å²) in [7, 11) is -0.651. The van der Waals surface area contributed by atoms with Gasteiger partial charge in [-0.15, -0.1) is 0 Å². The van der Waals surface area contributed by atoms with E-state index < -0.39 is 28.4 Å². The molecule has 0 atom stereocenters. The number of benzene rings is 3. The Morgan fingerprint density at radius 3 is 2.11 bits per heavy atom. The van der Waals surface area contributed by atoms with Gasteiger partial charge in [0.25, 0.3) is 15.9 Å². The Morgan fingerprint density at radius 1 is 0.914 bits per heavy atom. The fourth-order valence-corrected chi connectivity index (χ4v) is 4.79. The fourth-order valence-electron chi connectivity index (χ4n) is 3.45. The van der Waals surface area contributed by atoms with Crippen molar-refractivity contribution in [2.24, 2.45) is 0 Å². The first kappa shape index (κ1) is 26.0. The smallest absolute Gasteiger partial charge is 0.268 e. The number of hydrogen-bond donors (Lipinski definition) is 1. The maximum atomic E-state index is 13.5. The second kappa shape index (κ2) is 10.7. The first-order valence-electron chi connectivity index (χ1n) is 11.3. The van der Waals surface area contributed by atoms with E-state index in [-0.39, 0.29) is 10.5 Å². The van der Waals surface area contributed by atoms with Crippen LogP contribution in [0.5, 0.6) is 0 Å². The summed E-state index contributed by atoms with van der Waals surface area (Å²) in [6.45, 7) is 5.31. The Labute approximate surface area is 207 Å². The van der Waals surface area contributed by atoms with Crippen molar-refractivity contribution in [1.82, 2.24) is 4.31 Å². The second-order valence-electron chi connectivity index (χ2n) is 8.90. The number of sulfonamides is 1. The maximum absolute atomic E-state index is 13.5. The molecule has 0 fully saturated rings. The van der Waals surface area contributed by atoms with Gasteiger partial charge in [-0.1, -0.05) is 49.7 Å². The summed E-state index contributed by atoms with van der Waals surface area (Å²) >= 11 is 0. The van der Waals surface area contributed by atoms with E-state index in [1.807, 2.05) is 44.1 Å². The normalized spacial score (nSPS) is 11.3. The van der Waals surface area contributed by atoms with Gasteiger partial charge in [0.1, 0.15) is 6.54 Å². The van der Waals surface area contributed by atoms with Crippen LogP contribution < -0.4 is 10.2 Å². The molecule has 0 radical (unpaired) electrons. The van der Waals surface area contributed by atoms with Crippen LogP contribution in [0.2, 0.25) is 0 Å². The Bertz CT molecular complexity index is 1300. The Hall–Kier alpha value is -3.65. The average Bonchev–Trinajstić information content (AvgIpc) is 2.82. The van der Waals surface area contributed by atoms with Gasteiger partial charge in [0, 0.05) is 31.0 Å². The molecule has 2 amide bonds. The quantitative estimate of drug-likeness (QED) is 0.493. The number of carbonyl (C=O) groups is 2. The summed E-state index contributed by atoms with van der Waals surface area (Å²) in [5.41, 5.74) is 3.42. The Balaban J connectivity index is 1.94. The van der Waals surface area contributed by atoms with Crippen molar-refractivity contribution < 1.29 is 18.0 Å². The highest BCUT2D eigenvalue weighted by molar-refractivity contribution is 7.89. The molecule has 3 rings (SSSR count). The summed E-state index contributed by atoms with van der Waals surface area (Å²) in [5, 5.41) is 2.70. The number of aryl methyl sites for hydroxylation is 1. The Kier molecular flexibility index (Phi) is 7.96. The van der Waals surface area contributed by atoms with Crippen LogP contribution in [0.3, 0.4) is 0 Å². The van der Waals surface area contributed by atoms with E-state index >= 15 is 0 Å². The van der Waals surface area contributed by atoms with E-state index in [9.17, 15) is 18.0 Å². The molecule has 0 spiro atoms. The van der Waals surface area contributed by atoms with Gasteiger partial charge in [-0.25, -0.2) is 12.7 Å². The lowest BCUT2D eigenvalue weighted by molar-refractivity contribution is -0.116. The van der Waals surface area contributed by atoms with Crippen molar-refractivity contribution in [2.75, 3.05) is 30.9 Å². The molecule has 35 heavy (non-hydrogen) atoms. The monoisotopic (exact) mass is 493 g/mol. The highest BCUT2D eigenvalue weighted by Gasteiger charge is 2.32. The molecule has 0 aliphatic heterocycles. The summed E-state index contributed by atoms with van der Waals surface area (Å²) < 4.78 is 27.6. The number of nitrogens with one attached hydrogen (secondary N) is 1. The molecule has 0 aliphatic carbocycles. The van der Waals surface area contributed by atoms with Crippen molar-refractivity contribution in [3.05, 3.63) is 89.5 Å². The highest BCUT2D eigenvalue weighted by Crippen LogP contribution is 2.22. The van der Waals surface area contributed by atoms with Crippen LogP contribution in [0.1, 0.15) is 41.3 Å². The zero-order valence-electron chi connectivity index (χ0n) is 20.6. The van der Waals surface area contributed by atoms with E-state index in [0.717, 1.165) is 16.8 Å². The molecule has 8 heteroatoms. The van der Waals surface area contributed by atoms with Gasteiger partial charge in [-0.05, 0) is 60.9 Å². The third-order valence-electron chi connectivity index (χ3n) is 5.59. The molecule has 0 saturated heterocycles. The van der Waals surface area contributed by atoms with E-state index in [1.54, 1.807) is 36.4 Å². The second-order valence-corrected chi connectivity index (χ2v) is 10.8. The number of rotatable bonds is 8. The summed E-state index contributed by atoms with van der Waals surface area (Å²) in [6, 6.07) is 20.1. The molecule has 184 valence electrons. The van der Waals surface area contributed by atoms with Gasteiger partial charge < -0.3 is 10.2 Å². The van der Waals surface area contributed by atoms with Crippen LogP contribution in [0.15, 0.2) is 77.7 Å². The van der Waals surface area contributed by atoms with Crippen molar-refractivity contribution in [2.45, 2.75) is 31.6 Å². The zero-order chi connectivity index (χ0) is 25.8. The minimum atomic E-state index is -4.29. The third-order valence-corrected chi connectivity index (χ3v) is 7.34. The van der Waals surface area contributed by atoms with Gasteiger partial charge in [0.05, 0.1) is 4.90 Å². The minimum absolute atomic E-state index is 0.0608. The van der Waals surface area contributed by atoms with E-state index in [4.69, 9.17) is 0 Å². The van der Waals surface area contributed by atoms with Crippen LogP contribution in [0.25, 0.3) is 0 Å². The van der Waals surface area contributed by atoms with Crippen LogP contribution >= 0.6 is 0 Å². The molecule has 0 saturated carbocycles. The van der Waals surface area contributed by atoms with Crippen molar-refractivity contribution in [3.8, 4) is 0 Å². The first-order chi connectivity index (χ1) is 16.5. The standard InChI is InChI=1S/C27H31N3O4S/c1-19(2)21-11-13-23(14-12-21)28-26(31)18-30(35(33,34)25-15-9-20(3)10-16-25)27(32)22-7-6-8-24(17-22)29(4)5/h6-17,19H,18H2,1-5H3,(H,28,31). The van der Waals surface area contributed by atoms with Crippen molar-refractivity contribution in [1.29, 1.82) is 0 Å². The number of nitrogens with zero attached hydrogens (tertiary/aromatic N) is 2. The molecule has 0 heterocycles. The molecule has 0 bridgehead atoms. The fraction of sp³-hybridized carbons (Fsp3) is 0.259. The van der Waals surface area contributed by atoms with E-state index in [0.29, 0.717) is 15.9 Å². The largest absolute Gasteiger partial charge is 0.378 e. The predicted molar refractivity (Wildman–Crippen MR) is 139 cm³/mol. The summed E-state index contributed by atoms with van der Waals surface area (Å²) in [6.07, 6.45) is 0. The van der Waals surface area contributed by atoms with Crippen molar-refractivity contribution >= 4 is 33.2 Å². The molecule has 7 nitrogen and oxygen atoms in total. The third kappa shape index (κ3) is 6.27. The molecule has 1 N–H and O–H groups in total. The van der Waals surface area contributed by atoms with Gasteiger partial charge in [-0.3, -0.25) is 9.59 Å². The summed E-state index contributed by atoms with van der Waals surface area (Å²) in [5.74, 6) is -1.06. The van der Waals surface area contributed by atoms with Crippen molar-refractivity contribution in [3.63, 3.8) is 0 Å².